The molecule has 0 spiro atoms. The van der Waals surface area contributed by atoms with E-state index in [1.807, 2.05) is 24.0 Å². The van der Waals surface area contributed by atoms with Gasteiger partial charge in [0.1, 0.15) is 12.2 Å². The van der Waals surface area contributed by atoms with E-state index in [1.165, 1.54) is 6.20 Å². The van der Waals surface area contributed by atoms with Crippen LogP contribution in [0.1, 0.15) is 43.7 Å². The maximum Gasteiger partial charge on any atom is 0.225 e. The van der Waals surface area contributed by atoms with Gasteiger partial charge in [-0.05, 0) is 43.5 Å². The van der Waals surface area contributed by atoms with Crippen LogP contribution < -0.4 is 4.74 Å². The summed E-state index contributed by atoms with van der Waals surface area (Å²) in [7, 11) is 0. The first-order valence-electron chi connectivity index (χ1n) is 11.8. The predicted molar refractivity (Wildman–Crippen MR) is 133 cm³/mol. The van der Waals surface area contributed by atoms with Crippen molar-refractivity contribution >= 4 is 35.0 Å². The third kappa shape index (κ3) is 5.71. The van der Waals surface area contributed by atoms with Crippen molar-refractivity contribution in [2.45, 2.75) is 38.7 Å². The quantitative estimate of drug-likeness (QED) is 0.584. The standard InChI is InChI=1S/C26H28Cl2N4O3/c1-16(35-25-6-3-18(12-29)13-30-25)21-14-32(15-22(21)20-4-5-23(27)24(28)11-20)26(34)19-7-9-31(10-8-19)17(2)33/h3-6,11,13,16,19,21-22H,7-10,14-15H2,1-2H3/t16-,21?,22+/m0/s1. The molecule has 2 saturated heterocycles. The minimum Gasteiger partial charge on any atom is -0.474 e. The molecule has 9 heteroatoms. The molecule has 3 heterocycles. The molecular formula is C26H28Cl2N4O3. The zero-order chi connectivity index (χ0) is 25.1. The molecule has 0 radical (unpaired) electrons. The van der Waals surface area contributed by atoms with Crippen LogP contribution in [-0.2, 0) is 9.59 Å². The van der Waals surface area contributed by atoms with Gasteiger partial charge in [0.05, 0.1) is 15.6 Å². The lowest BCUT2D eigenvalue weighted by Crippen LogP contribution is -2.43. The van der Waals surface area contributed by atoms with Crippen LogP contribution in [0.2, 0.25) is 10.0 Å². The Hall–Kier alpha value is -2.82. The average Bonchev–Trinajstić information content (AvgIpc) is 3.31. The molecule has 3 atom stereocenters. The Bertz CT molecular complexity index is 1130. The molecule has 0 aliphatic carbocycles. The highest BCUT2D eigenvalue weighted by molar-refractivity contribution is 6.42. The monoisotopic (exact) mass is 514 g/mol. The van der Waals surface area contributed by atoms with Gasteiger partial charge in [-0.25, -0.2) is 4.98 Å². The lowest BCUT2D eigenvalue weighted by atomic mass is 9.86. The molecule has 2 aromatic rings. The third-order valence-electron chi connectivity index (χ3n) is 7.11. The number of aromatic nitrogens is 1. The number of carbonyl (C=O) groups excluding carboxylic acids is 2. The number of ether oxygens (including phenoxy) is 1. The van der Waals surface area contributed by atoms with Crippen LogP contribution in [0.25, 0.3) is 0 Å². The number of nitrogens with zero attached hydrogens (tertiary/aromatic N) is 4. The molecule has 2 fully saturated rings. The summed E-state index contributed by atoms with van der Waals surface area (Å²) < 4.78 is 6.16. The zero-order valence-corrected chi connectivity index (χ0v) is 21.3. The van der Waals surface area contributed by atoms with Crippen LogP contribution in [0.15, 0.2) is 36.5 Å². The summed E-state index contributed by atoms with van der Waals surface area (Å²) in [6.07, 6.45) is 2.60. The van der Waals surface area contributed by atoms with E-state index in [0.29, 0.717) is 60.5 Å². The van der Waals surface area contributed by atoms with Gasteiger partial charge in [0.2, 0.25) is 17.7 Å². The summed E-state index contributed by atoms with van der Waals surface area (Å²) in [5.74, 6) is 0.551. The summed E-state index contributed by atoms with van der Waals surface area (Å²) in [6, 6.07) is 11.0. The number of likely N-dealkylation sites (tertiary alicyclic amines) is 2. The Balaban J connectivity index is 1.52. The summed E-state index contributed by atoms with van der Waals surface area (Å²) in [5, 5.41) is 9.97. The minimum absolute atomic E-state index is 0.00550. The van der Waals surface area contributed by atoms with Gasteiger partial charge in [0.15, 0.2) is 0 Å². The first-order chi connectivity index (χ1) is 16.8. The first kappa shape index (κ1) is 25.3. The van der Waals surface area contributed by atoms with Gasteiger partial charge in [-0.2, -0.15) is 5.26 Å². The van der Waals surface area contributed by atoms with Crippen molar-refractivity contribution in [3.05, 3.63) is 57.7 Å². The zero-order valence-electron chi connectivity index (χ0n) is 19.8. The van der Waals surface area contributed by atoms with Crippen LogP contribution in [0.4, 0.5) is 0 Å². The fourth-order valence-corrected chi connectivity index (χ4v) is 5.38. The fourth-order valence-electron chi connectivity index (χ4n) is 5.07. The molecule has 0 N–H and O–H groups in total. The van der Waals surface area contributed by atoms with Crippen molar-refractivity contribution in [1.82, 2.24) is 14.8 Å². The molecule has 0 bridgehead atoms. The number of piperidine rings is 1. The molecule has 0 saturated carbocycles. The summed E-state index contributed by atoms with van der Waals surface area (Å²) in [6.45, 7) is 5.89. The molecule has 184 valence electrons. The number of benzene rings is 1. The van der Waals surface area contributed by atoms with Crippen molar-refractivity contribution in [2.24, 2.45) is 11.8 Å². The molecule has 35 heavy (non-hydrogen) atoms. The first-order valence-corrected chi connectivity index (χ1v) is 12.5. The van der Waals surface area contributed by atoms with Gasteiger partial charge >= 0.3 is 0 Å². The van der Waals surface area contributed by atoms with E-state index >= 15 is 0 Å². The van der Waals surface area contributed by atoms with Crippen LogP contribution in [-0.4, -0.2) is 58.9 Å². The van der Waals surface area contributed by atoms with Gasteiger partial charge < -0.3 is 14.5 Å². The van der Waals surface area contributed by atoms with E-state index in [-0.39, 0.29) is 35.7 Å². The Labute approximate surface area is 215 Å². The molecule has 2 aliphatic rings. The van der Waals surface area contributed by atoms with Gasteiger partial charge in [0.25, 0.3) is 0 Å². The van der Waals surface area contributed by atoms with Gasteiger partial charge in [-0.1, -0.05) is 29.3 Å². The van der Waals surface area contributed by atoms with Crippen molar-refractivity contribution < 1.29 is 14.3 Å². The molecule has 2 amide bonds. The Morgan fingerprint density at radius 2 is 1.86 bits per heavy atom. The molecule has 1 aromatic heterocycles. The highest BCUT2D eigenvalue weighted by atomic mass is 35.5. The maximum absolute atomic E-state index is 13.5. The number of hydrogen-bond donors (Lipinski definition) is 0. The van der Waals surface area contributed by atoms with E-state index in [2.05, 4.69) is 11.1 Å². The number of halogens is 2. The fraction of sp³-hybridized carbons (Fsp3) is 0.462. The lowest BCUT2D eigenvalue weighted by Gasteiger charge is -2.32. The second kappa shape index (κ2) is 10.8. The van der Waals surface area contributed by atoms with Crippen LogP contribution in [0.3, 0.4) is 0 Å². The van der Waals surface area contributed by atoms with Gasteiger partial charge in [0, 0.05) is 63.1 Å². The molecular weight excluding hydrogens is 487 g/mol. The summed E-state index contributed by atoms with van der Waals surface area (Å²) in [4.78, 5) is 33.1. The van der Waals surface area contributed by atoms with E-state index in [1.54, 1.807) is 30.0 Å². The van der Waals surface area contributed by atoms with Gasteiger partial charge in [-0.3, -0.25) is 9.59 Å². The SMILES string of the molecule is CC(=O)N1CCC(C(=O)N2CC([C@H](C)Oc3ccc(C#N)cn3)[C@@H](c3ccc(Cl)c(Cl)c3)C2)CC1. The number of pyridine rings is 1. The largest absolute Gasteiger partial charge is 0.474 e. The normalized spacial score (nSPS) is 21.5. The molecule has 1 aromatic carbocycles. The third-order valence-corrected chi connectivity index (χ3v) is 7.85. The smallest absolute Gasteiger partial charge is 0.225 e. The highest BCUT2D eigenvalue weighted by Crippen LogP contribution is 2.39. The van der Waals surface area contributed by atoms with Crippen molar-refractivity contribution in [3.8, 4) is 11.9 Å². The Morgan fingerprint density at radius 1 is 1.11 bits per heavy atom. The summed E-state index contributed by atoms with van der Waals surface area (Å²) in [5.41, 5.74) is 1.47. The van der Waals surface area contributed by atoms with Crippen molar-refractivity contribution in [1.29, 1.82) is 5.26 Å². The molecule has 2 aliphatic heterocycles. The molecule has 4 rings (SSSR count). The Morgan fingerprint density at radius 3 is 2.46 bits per heavy atom. The Kier molecular flexibility index (Phi) is 7.83. The predicted octanol–water partition coefficient (Wildman–Crippen LogP) is 4.53. The van der Waals surface area contributed by atoms with E-state index in [9.17, 15) is 9.59 Å². The number of hydrogen-bond acceptors (Lipinski definition) is 5. The van der Waals surface area contributed by atoms with E-state index in [4.69, 9.17) is 33.2 Å². The number of amides is 2. The maximum atomic E-state index is 13.5. The minimum atomic E-state index is -0.243. The molecule has 7 nitrogen and oxygen atoms in total. The van der Waals surface area contributed by atoms with Crippen LogP contribution >= 0.6 is 23.2 Å². The lowest BCUT2D eigenvalue weighted by molar-refractivity contribution is -0.139. The molecule has 1 unspecified atom stereocenters. The number of nitriles is 1. The van der Waals surface area contributed by atoms with Crippen molar-refractivity contribution in [2.75, 3.05) is 26.2 Å². The van der Waals surface area contributed by atoms with Crippen molar-refractivity contribution in [3.63, 3.8) is 0 Å². The highest BCUT2D eigenvalue weighted by Gasteiger charge is 2.42. The van der Waals surface area contributed by atoms with E-state index in [0.717, 1.165) is 5.56 Å². The second-order valence-corrected chi connectivity index (χ2v) is 10.1. The number of carbonyl (C=O) groups is 2. The van der Waals surface area contributed by atoms with Crippen LogP contribution in [0, 0.1) is 23.2 Å². The van der Waals surface area contributed by atoms with Gasteiger partial charge in [-0.15, -0.1) is 0 Å². The summed E-state index contributed by atoms with van der Waals surface area (Å²) >= 11 is 12.5. The second-order valence-electron chi connectivity index (χ2n) is 9.29. The van der Waals surface area contributed by atoms with Crippen LogP contribution in [0.5, 0.6) is 5.88 Å². The average molecular weight is 515 g/mol. The van der Waals surface area contributed by atoms with E-state index < -0.39 is 0 Å². The number of rotatable bonds is 5. The topological polar surface area (TPSA) is 86.5 Å².